The van der Waals surface area contributed by atoms with E-state index in [-0.39, 0.29) is 11.8 Å². The van der Waals surface area contributed by atoms with E-state index in [0.29, 0.717) is 25.6 Å². The van der Waals surface area contributed by atoms with Crippen LogP contribution in [0.3, 0.4) is 0 Å². The molecule has 7 nitrogen and oxygen atoms in total. The van der Waals surface area contributed by atoms with Crippen LogP contribution in [0.2, 0.25) is 0 Å². The molecule has 1 atom stereocenters. The summed E-state index contributed by atoms with van der Waals surface area (Å²) in [6.07, 6.45) is 2.26. The molecule has 0 spiro atoms. The lowest BCUT2D eigenvalue weighted by atomic mass is 10.1. The van der Waals surface area contributed by atoms with E-state index in [2.05, 4.69) is 58.8 Å². The zero-order chi connectivity index (χ0) is 21.3. The molecule has 0 amide bonds. The monoisotopic (exact) mass is 423 g/mol. The van der Waals surface area contributed by atoms with Gasteiger partial charge < -0.3 is 10.6 Å². The van der Waals surface area contributed by atoms with E-state index in [1.54, 1.807) is 11.4 Å². The standard InChI is InChI=1S/C21H37N5O2S/c1-5-15-29(27,28)26-13-11-20(12-14-26)24-21(22-3)23-16-18(2)25(4)17-19-9-7-6-8-10-19/h6-10,18,20H,5,11-17H2,1-4H3,(H2,22,23,24). The van der Waals surface area contributed by atoms with E-state index in [9.17, 15) is 8.42 Å². The van der Waals surface area contributed by atoms with Crippen LogP contribution in [0.25, 0.3) is 0 Å². The van der Waals surface area contributed by atoms with E-state index >= 15 is 0 Å². The highest BCUT2D eigenvalue weighted by Gasteiger charge is 2.27. The van der Waals surface area contributed by atoms with E-state index < -0.39 is 10.0 Å². The number of nitrogens with zero attached hydrogens (tertiary/aromatic N) is 3. The molecule has 1 fully saturated rings. The van der Waals surface area contributed by atoms with Gasteiger partial charge in [-0.25, -0.2) is 12.7 Å². The molecule has 2 rings (SSSR count). The first-order valence-electron chi connectivity index (χ1n) is 10.5. The summed E-state index contributed by atoms with van der Waals surface area (Å²) in [5.74, 6) is 1.02. The van der Waals surface area contributed by atoms with Crippen molar-refractivity contribution in [3.8, 4) is 0 Å². The van der Waals surface area contributed by atoms with E-state index in [1.807, 2.05) is 13.0 Å². The predicted octanol–water partition coefficient (Wildman–Crippen LogP) is 1.88. The van der Waals surface area contributed by atoms with Crippen molar-refractivity contribution < 1.29 is 8.42 Å². The van der Waals surface area contributed by atoms with Crippen molar-refractivity contribution in [1.82, 2.24) is 19.8 Å². The molecule has 1 heterocycles. The Morgan fingerprint density at radius 2 is 1.93 bits per heavy atom. The SMILES string of the molecule is CCCS(=O)(=O)N1CCC(NC(=NC)NCC(C)N(C)Cc2ccccc2)CC1. The van der Waals surface area contributed by atoms with Crippen molar-refractivity contribution in [2.45, 2.75) is 51.7 Å². The van der Waals surface area contributed by atoms with Crippen molar-refractivity contribution >= 4 is 16.0 Å². The minimum atomic E-state index is -3.09. The summed E-state index contributed by atoms with van der Waals surface area (Å²) < 4.78 is 26.0. The third-order valence-electron chi connectivity index (χ3n) is 5.47. The average molecular weight is 424 g/mol. The Morgan fingerprint density at radius 1 is 1.28 bits per heavy atom. The fourth-order valence-electron chi connectivity index (χ4n) is 3.48. The third kappa shape index (κ3) is 7.60. The Hall–Kier alpha value is -1.64. The predicted molar refractivity (Wildman–Crippen MR) is 121 cm³/mol. The first kappa shape index (κ1) is 23.6. The zero-order valence-electron chi connectivity index (χ0n) is 18.3. The second kappa shape index (κ2) is 11.5. The topological polar surface area (TPSA) is 77.0 Å². The first-order valence-corrected chi connectivity index (χ1v) is 12.2. The molecule has 2 N–H and O–H groups in total. The maximum Gasteiger partial charge on any atom is 0.214 e. The van der Waals surface area contributed by atoms with E-state index in [0.717, 1.165) is 31.9 Å². The van der Waals surface area contributed by atoms with Gasteiger partial charge in [0.1, 0.15) is 0 Å². The van der Waals surface area contributed by atoms with Gasteiger partial charge in [-0.15, -0.1) is 0 Å². The number of hydrogen-bond acceptors (Lipinski definition) is 4. The quantitative estimate of drug-likeness (QED) is 0.468. The summed E-state index contributed by atoms with van der Waals surface area (Å²) in [6, 6.07) is 11.0. The van der Waals surface area contributed by atoms with Crippen molar-refractivity contribution in [3.63, 3.8) is 0 Å². The molecule has 164 valence electrons. The summed E-state index contributed by atoms with van der Waals surface area (Å²) in [6.45, 7) is 6.94. The number of hydrogen-bond donors (Lipinski definition) is 2. The molecular formula is C21H37N5O2S. The molecular weight excluding hydrogens is 386 g/mol. The van der Waals surface area contributed by atoms with Crippen LogP contribution < -0.4 is 10.6 Å². The molecule has 1 aliphatic heterocycles. The highest BCUT2D eigenvalue weighted by atomic mass is 32.2. The van der Waals surface area contributed by atoms with Gasteiger partial charge in [0.2, 0.25) is 10.0 Å². The molecule has 0 saturated carbocycles. The number of likely N-dealkylation sites (N-methyl/N-ethyl adjacent to an activating group) is 1. The summed E-state index contributed by atoms with van der Waals surface area (Å²) in [7, 11) is 0.806. The van der Waals surface area contributed by atoms with Crippen LogP contribution in [-0.4, -0.2) is 75.1 Å². The second-order valence-electron chi connectivity index (χ2n) is 7.84. The van der Waals surface area contributed by atoms with Gasteiger partial charge in [0, 0.05) is 45.3 Å². The molecule has 0 radical (unpaired) electrons. The number of aliphatic imine (C=N–C) groups is 1. The third-order valence-corrected chi connectivity index (χ3v) is 7.54. The Kier molecular flexibility index (Phi) is 9.39. The lowest BCUT2D eigenvalue weighted by Crippen LogP contribution is -2.51. The molecule has 8 heteroatoms. The molecule has 1 aromatic rings. The zero-order valence-corrected chi connectivity index (χ0v) is 19.1. The average Bonchev–Trinajstić information content (AvgIpc) is 2.71. The van der Waals surface area contributed by atoms with Crippen molar-refractivity contribution in [2.24, 2.45) is 4.99 Å². The van der Waals surface area contributed by atoms with Gasteiger partial charge in [0.05, 0.1) is 5.75 Å². The number of piperidine rings is 1. The Bertz CT molecular complexity index is 731. The number of sulfonamides is 1. The Morgan fingerprint density at radius 3 is 2.52 bits per heavy atom. The number of nitrogens with one attached hydrogen (secondary N) is 2. The fraction of sp³-hybridized carbons (Fsp3) is 0.667. The largest absolute Gasteiger partial charge is 0.355 e. The molecule has 29 heavy (non-hydrogen) atoms. The van der Waals surface area contributed by atoms with Crippen molar-refractivity contribution in [2.75, 3.05) is 39.5 Å². The smallest absolute Gasteiger partial charge is 0.214 e. The van der Waals surface area contributed by atoms with Crippen LogP contribution in [0, 0.1) is 0 Å². The number of rotatable bonds is 9. The van der Waals surface area contributed by atoms with Crippen LogP contribution in [0.15, 0.2) is 35.3 Å². The minimum absolute atomic E-state index is 0.239. The molecule has 1 saturated heterocycles. The highest BCUT2D eigenvalue weighted by Crippen LogP contribution is 2.15. The summed E-state index contributed by atoms with van der Waals surface area (Å²) >= 11 is 0. The van der Waals surface area contributed by atoms with Gasteiger partial charge in [-0.05, 0) is 38.8 Å². The number of guanidine groups is 1. The summed E-state index contributed by atoms with van der Waals surface area (Å²) in [4.78, 5) is 6.65. The second-order valence-corrected chi connectivity index (χ2v) is 9.92. The van der Waals surface area contributed by atoms with E-state index in [4.69, 9.17) is 0 Å². The highest BCUT2D eigenvalue weighted by molar-refractivity contribution is 7.89. The van der Waals surface area contributed by atoms with Gasteiger partial charge in [-0.1, -0.05) is 37.3 Å². The number of benzene rings is 1. The van der Waals surface area contributed by atoms with Gasteiger partial charge in [0.25, 0.3) is 0 Å². The van der Waals surface area contributed by atoms with Gasteiger partial charge in [0.15, 0.2) is 5.96 Å². The Labute approximate surface area is 176 Å². The van der Waals surface area contributed by atoms with Crippen LogP contribution >= 0.6 is 0 Å². The van der Waals surface area contributed by atoms with Crippen LogP contribution in [0.5, 0.6) is 0 Å². The van der Waals surface area contributed by atoms with Crippen LogP contribution in [-0.2, 0) is 16.6 Å². The Balaban J connectivity index is 1.75. The lowest BCUT2D eigenvalue weighted by Gasteiger charge is -2.32. The maximum absolute atomic E-state index is 12.2. The fourth-order valence-corrected chi connectivity index (χ4v) is 5.02. The molecule has 0 bridgehead atoms. The van der Waals surface area contributed by atoms with Gasteiger partial charge >= 0.3 is 0 Å². The van der Waals surface area contributed by atoms with Gasteiger partial charge in [-0.2, -0.15) is 0 Å². The van der Waals surface area contributed by atoms with Gasteiger partial charge in [-0.3, -0.25) is 9.89 Å². The van der Waals surface area contributed by atoms with Crippen molar-refractivity contribution in [1.29, 1.82) is 0 Å². The lowest BCUT2D eigenvalue weighted by molar-refractivity contribution is 0.248. The van der Waals surface area contributed by atoms with Crippen LogP contribution in [0.1, 0.15) is 38.7 Å². The van der Waals surface area contributed by atoms with Crippen LogP contribution in [0.4, 0.5) is 0 Å². The molecule has 1 aliphatic rings. The first-order chi connectivity index (χ1) is 13.9. The normalized spacial score (nSPS) is 18.0. The molecule has 0 aromatic heterocycles. The summed E-state index contributed by atoms with van der Waals surface area (Å²) in [5.41, 5.74) is 1.30. The minimum Gasteiger partial charge on any atom is -0.355 e. The molecule has 1 aromatic carbocycles. The van der Waals surface area contributed by atoms with Crippen molar-refractivity contribution in [3.05, 3.63) is 35.9 Å². The molecule has 1 unspecified atom stereocenters. The summed E-state index contributed by atoms with van der Waals surface area (Å²) in [5, 5.41) is 6.86. The maximum atomic E-state index is 12.2. The van der Waals surface area contributed by atoms with E-state index in [1.165, 1.54) is 5.56 Å². The molecule has 0 aliphatic carbocycles.